The van der Waals surface area contributed by atoms with Crippen LogP contribution in [0.25, 0.3) is 6.08 Å². The third kappa shape index (κ3) is 6.44. The summed E-state index contributed by atoms with van der Waals surface area (Å²) in [6, 6.07) is 15.9. The second kappa shape index (κ2) is 10.2. The summed E-state index contributed by atoms with van der Waals surface area (Å²) in [5.74, 6) is 1.21. The van der Waals surface area contributed by atoms with Crippen LogP contribution in [-0.2, 0) is 4.79 Å². The Balaban J connectivity index is 1.47. The fourth-order valence-electron chi connectivity index (χ4n) is 2.44. The molecule has 3 rings (SSSR count). The van der Waals surface area contributed by atoms with E-state index in [1.165, 1.54) is 16.9 Å². The van der Waals surface area contributed by atoms with E-state index in [1.807, 2.05) is 50.2 Å². The number of hydrogen-bond donors (Lipinski definition) is 1. The van der Waals surface area contributed by atoms with Gasteiger partial charge in [0.05, 0.1) is 0 Å². The molecule has 0 spiro atoms. The molecule has 3 aromatic rings. The van der Waals surface area contributed by atoms with Gasteiger partial charge in [-0.1, -0.05) is 71.6 Å². The molecule has 0 radical (unpaired) electrons. The van der Waals surface area contributed by atoms with Crippen molar-refractivity contribution in [1.29, 1.82) is 0 Å². The van der Waals surface area contributed by atoms with Gasteiger partial charge in [-0.3, -0.25) is 10.1 Å². The Hall–Kier alpha value is -2.64. The molecule has 0 bridgehead atoms. The van der Waals surface area contributed by atoms with Crippen molar-refractivity contribution in [3.63, 3.8) is 0 Å². The topological polar surface area (TPSA) is 64.1 Å². The summed E-state index contributed by atoms with van der Waals surface area (Å²) >= 11 is 2.93. The van der Waals surface area contributed by atoms with Crippen LogP contribution >= 0.6 is 23.1 Å². The Morgan fingerprint density at radius 3 is 2.72 bits per heavy atom. The number of hydrogen-bond acceptors (Lipinski definition) is 6. The van der Waals surface area contributed by atoms with Crippen molar-refractivity contribution in [2.75, 3.05) is 11.1 Å². The fraction of sp³-hybridized carbons (Fsp3) is 0.227. The van der Waals surface area contributed by atoms with Crippen LogP contribution in [0.3, 0.4) is 0 Å². The smallest absolute Gasteiger partial charge is 0.266 e. The highest BCUT2D eigenvalue weighted by atomic mass is 32.2. The number of aryl methyl sites for hydroxylation is 2. The summed E-state index contributed by atoms with van der Waals surface area (Å²) in [6.45, 7) is 5.77. The van der Waals surface area contributed by atoms with Gasteiger partial charge < -0.3 is 4.74 Å². The molecule has 0 fully saturated rings. The largest absolute Gasteiger partial charge is 0.481 e. The first kappa shape index (κ1) is 21.1. The highest BCUT2D eigenvalue weighted by molar-refractivity contribution is 8.01. The van der Waals surface area contributed by atoms with Gasteiger partial charge in [0.15, 0.2) is 10.4 Å². The third-order valence-corrected chi connectivity index (χ3v) is 6.13. The van der Waals surface area contributed by atoms with E-state index >= 15 is 0 Å². The van der Waals surface area contributed by atoms with E-state index in [9.17, 15) is 4.79 Å². The first-order valence-corrected chi connectivity index (χ1v) is 11.0. The zero-order chi connectivity index (χ0) is 20.6. The van der Waals surface area contributed by atoms with Crippen molar-refractivity contribution < 1.29 is 9.53 Å². The second-order valence-corrected chi connectivity index (χ2v) is 8.74. The average Bonchev–Trinajstić information content (AvgIpc) is 3.16. The van der Waals surface area contributed by atoms with Gasteiger partial charge in [0.1, 0.15) is 5.75 Å². The molecule has 1 unspecified atom stereocenters. The van der Waals surface area contributed by atoms with Gasteiger partial charge in [0.25, 0.3) is 5.91 Å². The lowest BCUT2D eigenvalue weighted by molar-refractivity contribution is -0.122. The van der Waals surface area contributed by atoms with Gasteiger partial charge >= 0.3 is 0 Å². The maximum absolute atomic E-state index is 12.4. The number of carbonyl (C=O) groups excluding carboxylic acids is 1. The predicted octanol–water partition coefficient (Wildman–Crippen LogP) is 5.37. The summed E-state index contributed by atoms with van der Waals surface area (Å²) in [5, 5.41) is 11.4. The maximum Gasteiger partial charge on any atom is 0.266 e. The zero-order valence-electron chi connectivity index (χ0n) is 16.6. The molecule has 0 saturated carbocycles. The van der Waals surface area contributed by atoms with Crippen LogP contribution < -0.4 is 10.1 Å². The van der Waals surface area contributed by atoms with Crippen LogP contribution in [0.15, 0.2) is 58.9 Å². The molecule has 0 aliphatic heterocycles. The monoisotopic (exact) mass is 425 g/mol. The molecule has 7 heteroatoms. The highest BCUT2D eigenvalue weighted by Crippen LogP contribution is 2.26. The molecule has 2 aromatic carbocycles. The van der Waals surface area contributed by atoms with Crippen molar-refractivity contribution in [2.45, 2.75) is 31.2 Å². The minimum absolute atomic E-state index is 0.250. The number of benzene rings is 2. The number of thioether (sulfide) groups is 1. The fourth-order valence-corrected chi connectivity index (χ4v) is 4.03. The van der Waals surface area contributed by atoms with E-state index in [0.29, 0.717) is 10.9 Å². The molecule has 29 heavy (non-hydrogen) atoms. The van der Waals surface area contributed by atoms with E-state index < -0.39 is 6.10 Å². The number of nitrogens with zero attached hydrogens (tertiary/aromatic N) is 2. The van der Waals surface area contributed by atoms with Gasteiger partial charge in [-0.2, -0.15) is 0 Å². The minimum atomic E-state index is -0.633. The van der Waals surface area contributed by atoms with E-state index in [2.05, 4.69) is 39.8 Å². The summed E-state index contributed by atoms with van der Waals surface area (Å²) in [7, 11) is 0. The predicted molar refractivity (Wildman–Crippen MR) is 121 cm³/mol. The first-order chi connectivity index (χ1) is 14.0. The number of amides is 1. The van der Waals surface area contributed by atoms with Gasteiger partial charge in [0, 0.05) is 5.75 Å². The van der Waals surface area contributed by atoms with Crippen molar-refractivity contribution in [3.05, 3.63) is 71.3 Å². The van der Waals surface area contributed by atoms with Crippen molar-refractivity contribution in [2.24, 2.45) is 0 Å². The molecule has 5 nitrogen and oxygen atoms in total. The van der Waals surface area contributed by atoms with Crippen molar-refractivity contribution in [3.8, 4) is 5.75 Å². The Morgan fingerprint density at radius 2 is 1.97 bits per heavy atom. The van der Waals surface area contributed by atoms with Gasteiger partial charge in [-0.25, -0.2) is 0 Å². The summed E-state index contributed by atoms with van der Waals surface area (Å²) in [6.07, 6.45) is 3.52. The van der Waals surface area contributed by atoms with Gasteiger partial charge in [-0.05, 0) is 49.6 Å². The standard InChI is InChI=1S/C22H23N3O2S2/c1-15-11-12-19(14-16(15)2)27-17(3)20(26)23-21-24-25-22(29-21)28-13-7-10-18-8-5-4-6-9-18/h4-12,14,17H,13H2,1-3H3,(H,23,24,26)/b10-7+. The molecule has 1 N–H and O–H groups in total. The lowest BCUT2D eigenvalue weighted by Crippen LogP contribution is -2.30. The lowest BCUT2D eigenvalue weighted by Gasteiger charge is -2.14. The lowest BCUT2D eigenvalue weighted by atomic mass is 10.1. The first-order valence-electron chi connectivity index (χ1n) is 9.24. The molecule has 1 atom stereocenters. The number of carbonyl (C=O) groups is 1. The molecule has 0 aliphatic carbocycles. The third-order valence-electron chi connectivity index (χ3n) is 4.21. The van der Waals surface area contributed by atoms with E-state index in [4.69, 9.17) is 4.74 Å². The molecule has 0 saturated heterocycles. The maximum atomic E-state index is 12.4. The quantitative estimate of drug-likeness (QED) is 0.388. The van der Waals surface area contributed by atoms with E-state index in [-0.39, 0.29) is 5.91 Å². The molecule has 1 heterocycles. The number of anilines is 1. The SMILES string of the molecule is Cc1ccc(OC(C)C(=O)Nc2nnc(SC/C=C/c3ccccc3)s2)cc1C. The minimum Gasteiger partial charge on any atom is -0.481 e. The number of rotatable bonds is 8. The summed E-state index contributed by atoms with van der Waals surface area (Å²) in [5.41, 5.74) is 3.48. The van der Waals surface area contributed by atoms with Crippen LogP contribution in [0, 0.1) is 13.8 Å². The average molecular weight is 426 g/mol. The normalized spacial score (nSPS) is 12.1. The molecule has 0 aliphatic rings. The van der Waals surface area contributed by atoms with E-state index in [0.717, 1.165) is 21.2 Å². The molecule has 1 aromatic heterocycles. The van der Waals surface area contributed by atoms with Gasteiger partial charge in [0.2, 0.25) is 5.13 Å². The molecule has 1 amide bonds. The second-order valence-electron chi connectivity index (χ2n) is 6.49. The van der Waals surface area contributed by atoms with E-state index in [1.54, 1.807) is 18.7 Å². The Morgan fingerprint density at radius 1 is 1.17 bits per heavy atom. The van der Waals surface area contributed by atoms with Gasteiger partial charge in [-0.15, -0.1) is 10.2 Å². The number of ether oxygens (including phenoxy) is 1. The van der Waals surface area contributed by atoms with Crippen LogP contribution in [0.2, 0.25) is 0 Å². The molecular formula is C22H23N3O2S2. The van der Waals surface area contributed by atoms with Crippen LogP contribution in [0.4, 0.5) is 5.13 Å². The van der Waals surface area contributed by atoms with Crippen LogP contribution in [-0.4, -0.2) is 28.0 Å². The summed E-state index contributed by atoms with van der Waals surface area (Å²) < 4.78 is 6.55. The number of nitrogens with one attached hydrogen (secondary N) is 1. The summed E-state index contributed by atoms with van der Waals surface area (Å²) in [4.78, 5) is 12.4. The van der Waals surface area contributed by atoms with Crippen LogP contribution in [0.5, 0.6) is 5.75 Å². The molecule has 150 valence electrons. The van der Waals surface area contributed by atoms with Crippen molar-refractivity contribution in [1.82, 2.24) is 10.2 Å². The number of aromatic nitrogens is 2. The molecular weight excluding hydrogens is 402 g/mol. The van der Waals surface area contributed by atoms with Crippen molar-refractivity contribution >= 4 is 40.2 Å². The Kier molecular flexibility index (Phi) is 7.43. The Bertz CT molecular complexity index is 987. The zero-order valence-corrected chi connectivity index (χ0v) is 18.2. The van der Waals surface area contributed by atoms with Crippen LogP contribution in [0.1, 0.15) is 23.6 Å². The highest BCUT2D eigenvalue weighted by Gasteiger charge is 2.17. The Labute approximate surface area is 179 Å².